The van der Waals surface area contributed by atoms with Crippen molar-refractivity contribution in [2.24, 2.45) is 0 Å². The number of alkyl halides is 3. The van der Waals surface area contributed by atoms with Gasteiger partial charge in [0.1, 0.15) is 5.82 Å². The zero-order chi connectivity index (χ0) is 14.0. The van der Waals surface area contributed by atoms with Crippen LogP contribution in [0.4, 0.5) is 17.6 Å². The third-order valence-corrected chi connectivity index (χ3v) is 2.85. The largest absolute Gasteiger partial charge is 0.416 e. The maximum Gasteiger partial charge on any atom is 0.416 e. The highest BCUT2D eigenvalue weighted by molar-refractivity contribution is 5.79. The van der Waals surface area contributed by atoms with E-state index in [0.717, 1.165) is 12.1 Å². The van der Waals surface area contributed by atoms with Gasteiger partial charge in [0.05, 0.1) is 12.1 Å². The SMILES string of the molecule is O=C1CNCCN1Cc1cc(F)cc(C(F)(F)F)c1. The third-order valence-electron chi connectivity index (χ3n) is 2.85. The molecule has 0 aliphatic carbocycles. The Morgan fingerprint density at radius 2 is 2.00 bits per heavy atom. The topological polar surface area (TPSA) is 32.3 Å². The van der Waals surface area contributed by atoms with Crippen LogP contribution in [0.15, 0.2) is 18.2 Å². The van der Waals surface area contributed by atoms with Gasteiger partial charge in [0, 0.05) is 19.6 Å². The van der Waals surface area contributed by atoms with E-state index in [1.54, 1.807) is 0 Å². The summed E-state index contributed by atoms with van der Waals surface area (Å²) in [5.74, 6) is -1.16. The van der Waals surface area contributed by atoms with Crippen molar-refractivity contribution in [1.29, 1.82) is 0 Å². The van der Waals surface area contributed by atoms with Crippen molar-refractivity contribution >= 4 is 5.91 Å². The summed E-state index contributed by atoms with van der Waals surface area (Å²) in [6, 6.07) is 2.34. The Labute approximate surface area is 107 Å². The van der Waals surface area contributed by atoms with Crippen molar-refractivity contribution in [3.63, 3.8) is 0 Å². The zero-order valence-electron chi connectivity index (χ0n) is 9.93. The highest BCUT2D eigenvalue weighted by Gasteiger charge is 2.31. The zero-order valence-corrected chi connectivity index (χ0v) is 9.93. The minimum Gasteiger partial charge on any atom is -0.336 e. The van der Waals surface area contributed by atoms with Gasteiger partial charge in [0.15, 0.2) is 0 Å². The number of hydrogen-bond acceptors (Lipinski definition) is 2. The van der Waals surface area contributed by atoms with E-state index in [-0.39, 0.29) is 24.6 Å². The van der Waals surface area contributed by atoms with Crippen molar-refractivity contribution in [3.8, 4) is 0 Å². The Kier molecular flexibility index (Phi) is 3.75. The number of carbonyl (C=O) groups excluding carboxylic acids is 1. The minimum atomic E-state index is -4.59. The molecule has 1 aromatic carbocycles. The molecule has 7 heteroatoms. The van der Waals surface area contributed by atoms with Crippen molar-refractivity contribution in [3.05, 3.63) is 35.1 Å². The molecule has 0 aromatic heterocycles. The average molecular weight is 276 g/mol. The number of carbonyl (C=O) groups is 1. The van der Waals surface area contributed by atoms with Gasteiger partial charge in [0.25, 0.3) is 0 Å². The van der Waals surface area contributed by atoms with Crippen LogP contribution in [-0.2, 0) is 17.5 Å². The maximum absolute atomic E-state index is 13.2. The molecule has 1 heterocycles. The predicted octanol–water partition coefficient (Wildman–Crippen LogP) is 1.78. The number of rotatable bonds is 2. The summed E-state index contributed by atoms with van der Waals surface area (Å²) in [6.07, 6.45) is -4.59. The first-order valence-corrected chi connectivity index (χ1v) is 5.71. The molecule has 1 aromatic rings. The molecule has 0 saturated carbocycles. The Morgan fingerprint density at radius 3 is 2.63 bits per heavy atom. The lowest BCUT2D eigenvalue weighted by molar-refractivity contribution is -0.137. The van der Waals surface area contributed by atoms with Gasteiger partial charge in [-0.15, -0.1) is 0 Å². The maximum atomic E-state index is 13.2. The summed E-state index contributed by atoms with van der Waals surface area (Å²) in [7, 11) is 0. The molecule has 2 rings (SSSR count). The minimum absolute atomic E-state index is 0.0125. The van der Waals surface area contributed by atoms with Crippen LogP contribution in [-0.4, -0.2) is 30.4 Å². The second kappa shape index (κ2) is 5.16. The molecular formula is C12H12F4N2O. The van der Waals surface area contributed by atoms with E-state index in [1.807, 2.05) is 0 Å². The highest BCUT2D eigenvalue weighted by Crippen LogP contribution is 2.30. The fourth-order valence-corrected chi connectivity index (χ4v) is 1.94. The molecule has 1 aliphatic heterocycles. The van der Waals surface area contributed by atoms with Gasteiger partial charge in [-0.1, -0.05) is 0 Å². The molecule has 19 heavy (non-hydrogen) atoms. The van der Waals surface area contributed by atoms with Gasteiger partial charge in [-0.05, 0) is 23.8 Å². The van der Waals surface area contributed by atoms with Gasteiger partial charge in [0.2, 0.25) is 5.91 Å². The van der Waals surface area contributed by atoms with Crippen molar-refractivity contribution in [2.45, 2.75) is 12.7 Å². The highest BCUT2D eigenvalue weighted by atomic mass is 19.4. The van der Waals surface area contributed by atoms with Gasteiger partial charge in [-0.2, -0.15) is 13.2 Å². The normalized spacial score (nSPS) is 16.8. The molecule has 0 spiro atoms. The molecule has 1 aliphatic rings. The number of nitrogens with one attached hydrogen (secondary N) is 1. The average Bonchev–Trinajstić information content (AvgIpc) is 2.30. The van der Waals surface area contributed by atoms with E-state index in [0.29, 0.717) is 19.2 Å². The molecule has 0 unspecified atom stereocenters. The van der Waals surface area contributed by atoms with Crippen LogP contribution in [0.2, 0.25) is 0 Å². The predicted molar refractivity (Wildman–Crippen MR) is 59.7 cm³/mol. The Morgan fingerprint density at radius 1 is 1.26 bits per heavy atom. The molecule has 1 amide bonds. The van der Waals surface area contributed by atoms with E-state index < -0.39 is 17.6 Å². The van der Waals surface area contributed by atoms with E-state index >= 15 is 0 Å². The first kappa shape index (κ1) is 13.8. The van der Waals surface area contributed by atoms with Crippen LogP contribution in [0.1, 0.15) is 11.1 Å². The molecular weight excluding hydrogens is 264 g/mol. The van der Waals surface area contributed by atoms with Gasteiger partial charge >= 0.3 is 6.18 Å². The Balaban J connectivity index is 2.20. The molecule has 1 N–H and O–H groups in total. The second-order valence-corrected chi connectivity index (χ2v) is 4.34. The van der Waals surface area contributed by atoms with Crippen LogP contribution in [0.5, 0.6) is 0 Å². The summed E-state index contributed by atoms with van der Waals surface area (Å²) >= 11 is 0. The van der Waals surface area contributed by atoms with Crippen LogP contribution >= 0.6 is 0 Å². The van der Waals surface area contributed by atoms with E-state index in [4.69, 9.17) is 0 Å². The lowest BCUT2D eigenvalue weighted by atomic mass is 10.1. The molecule has 1 fully saturated rings. The number of nitrogens with zero attached hydrogens (tertiary/aromatic N) is 1. The first-order valence-electron chi connectivity index (χ1n) is 5.71. The van der Waals surface area contributed by atoms with Crippen LogP contribution in [0.3, 0.4) is 0 Å². The van der Waals surface area contributed by atoms with Crippen LogP contribution < -0.4 is 5.32 Å². The number of hydrogen-bond donors (Lipinski definition) is 1. The molecule has 0 radical (unpaired) electrons. The standard InChI is InChI=1S/C12H12F4N2O/c13-10-4-8(3-9(5-10)12(14,15)16)7-18-2-1-17-6-11(18)19/h3-5,17H,1-2,6-7H2. The fourth-order valence-electron chi connectivity index (χ4n) is 1.94. The van der Waals surface area contributed by atoms with Crippen LogP contribution in [0, 0.1) is 5.82 Å². The van der Waals surface area contributed by atoms with Gasteiger partial charge in [-0.3, -0.25) is 4.79 Å². The van der Waals surface area contributed by atoms with Crippen LogP contribution in [0.25, 0.3) is 0 Å². The summed E-state index contributed by atoms with van der Waals surface area (Å²) in [5.41, 5.74) is -0.896. The summed E-state index contributed by atoms with van der Waals surface area (Å²) in [5, 5.41) is 2.85. The molecule has 3 nitrogen and oxygen atoms in total. The van der Waals surface area contributed by atoms with Gasteiger partial charge < -0.3 is 10.2 Å². The smallest absolute Gasteiger partial charge is 0.336 e. The van der Waals surface area contributed by atoms with E-state index in [1.165, 1.54) is 4.90 Å². The molecule has 0 bridgehead atoms. The number of amides is 1. The Hall–Kier alpha value is -1.63. The van der Waals surface area contributed by atoms with Crippen molar-refractivity contribution in [1.82, 2.24) is 10.2 Å². The summed E-state index contributed by atoms with van der Waals surface area (Å²) < 4.78 is 50.8. The third kappa shape index (κ3) is 3.44. The lowest BCUT2D eigenvalue weighted by Crippen LogP contribution is -2.47. The lowest BCUT2D eigenvalue weighted by Gasteiger charge is -2.27. The molecule has 1 saturated heterocycles. The van der Waals surface area contributed by atoms with Gasteiger partial charge in [-0.25, -0.2) is 4.39 Å². The Bertz CT molecular complexity index is 487. The number of piperazine rings is 1. The molecule has 0 atom stereocenters. The monoisotopic (exact) mass is 276 g/mol. The van der Waals surface area contributed by atoms with Crippen molar-refractivity contribution in [2.75, 3.05) is 19.6 Å². The number of benzene rings is 1. The second-order valence-electron chi connectivity index (χ2n) is 4.34. The van der Waals surface area contributed by atoms with E-state index in [2.05, 4.69) is 5.32 Å². The van der Waals surface area contributed by atoms with Crippen molar-refractivity contribution < 1.29 is 22.4 Å². The number of halogens is 4. The van der Waals surface area contributed by atoms with E-state index in [9.17, 15) is 22.4 Å². The quantitative estimate of drug-likeness (QED) is 0.835. The molecule has 104 valence electrons. The summed E-state index contributed by atoms with van der Waals surface area (Å²) in [6.45, 7) is 1.12. The fraction of sp³-hybridized carbons (Fsp3) is 0.417. The summed E-state index contributed by atoms with van der Waals surface area (Å²) in [4.78, 5) is 12.9. The first-order chi connectivity index (χ1) is 8.86.